The van der Waals surface area contributed by atoms with E-state index in [1.165, 1.54) is 13.3 Å². The number of benzene rings is 1. The van der Waals surface area contributed by atoms with Gasteiger partial charge >= 0.3 is 0 Å². The fourth-order valence-electron chi connectivity index (χ4n) is 4.74. The number of halogens is 3. The van der Waals surface area contributed by atoms with Gasteiger partial charge in [0.05, 0.1) is 24.9 Å². The minimum atomic E-state index is -1.17. The molecule has 1 fully saturated rings. The lowest BCUT2D eigenvalue weighted by molar-refractivity contribution is -0.181. The standard InChI is InChI=1S/C27H28F3N3O4/c1-4-27(35)14(2)37-23(12-24(27)31)17-7-8-32-13-15(17)9-22(34)21-6-5-18(28)26(33-21)25-19(29)10-16(36-3)11-20(25)30/h5-8,10-11,13-14,23-24,35H,4,9,12,31H2,1-3H3/t14-,23-,24-,27-/m1/s1. The summed E-state index contributed by atoms with van der Waals surface area (Å²) in [6.07, 6.45) is 2.64. The molecule has 1 saturated heterocycles. The fraction of sp³-hybridized carbons (Fsp3) is 0.370. The first-order valence-electron chi connectivity index (χ1n) is 11.9. The van der Waals surface area contributed by atoms with Gasteiger partial charge in [0.1, 0.15) is 40.2 Å². The number of pyridine rings is 2. The predicted molar refractivity (Wildman–Crippen MR) is 129 cm³/mol. The van der Waals surface area contributed by atoms with Crippen molar-refractivity contribution in [1.82, 2.24) is 9.97 Å². The van der Waals surface area contributed by atoms with Gasteiger partial charge in [0.15, 0.2) is 5.78 Å². The van der Waals surface area contributed by atoms with Crippen molar-refractivity contribution in [2.24, 2.45) is 5.73 Å². The third kappa shape index (κ3) is 5.09. The van der Waals surface area contributed by atoms with E-state index in [0.29, 0.717) is 24.0 Å². The first-order chi connectivity index (χ1) is 17.6. The Hall–Kier alpha value is -3.34. The van der Waals surface area contributed by atoms with E-state index in [4.69, 9.17) is 15.2 Å². The highest BCUT2D eigenvalue weighted by Crippen LogP contribution is 2.39. The van der Waals surface area contributed by atoms with E-state index in [2.05, 4.69) is 9.97 Å². The number of Topliss-reactive ketones (excluding diaryl/α,β-unsaturated/α-hetero) is 1. The summed E-state index contributed by atoms with van der Waals surface area (Å²) in [7, 11) is 1.25. The quantitative estimate of drug-likeness (QED) is 0.452. The molecule has 1 aliphatic rings. The lowest BCUT2D eigenvalue weighted by Gasteiger charge is -2.45. The molecule has 10 heteroatoms. The molecule has 4 rings (SSSR count). The molecule has 0 amide bonds. The highest BCUT2D eigenvalue weighted by molar-refractivity contribution is 5.96. The van der Waals surface area contributed by atoms with Crippen LogP contribution in [0.25, 0.3) is 11.3 Å². The summed E-state index contributed by atoms with van der Waals surface area (Å²) in [6, 6.07) is 5.09. The molecule has 1 aromatic carbocycles. The molecule has 0 bridgehead atoms. The zero-order chi connectivity index (χ0) is 26.9. The molecule has 3 aromatic rings. The monoisotopic (exact) mass is 515 g/mol. The van der Waals surface area contributed by atoms with Crippen LogP contribution in [0.15, 0.2) is 42.7 Å². The average Bonchev–Trinajstić information content (AvgIpc) is 2.87. The van der Waals surface area contributed by atoms with Gasteiger partial charge < -0.3 is 20.3 Å². The summed E-state index contributed by atoms with van der Waals surface area (Å²) in [5, 5.41) is 10.8. The minimum Gasteiger partial charge on any atom is -0.497 e. The number of methoxy groups -OCH3 is 1. The molecule has 0 radical (unpaired) electrons. The molecular formula is C27H28F3N3O4. The largest absolute Gasteiger partial charge is 0.497 e. The number of hydrogen-bond acceptors (Lipinski definition) is 7. The normalized spacial score (nSPS) is 23.6. The maximum absolute atomic E-state index is 14.6. The number of nitrogens with zero attached hydrogens (tertiary/aromatic N) is 2. The lowest BCUT2D eigenvalue weighted by atomic mass is 9.79. The van der Waals surface area contributed by atoms with Crippen molar-refractivity contribution in [3.05, 3.63) is 77.0 Å². The summed E-state index contributed by atoms with van der Waals surface area (Å²) < 4.78 is 54.6. The van der Waals surface area contributed by atoms with Crippen molar-refractivity contribution in [1.29, 1.82) is 0 Å². The van der Waals surface area contributed by atoms with Crippen molar-refractivity contribution in [3.8, 4) is 17.0 Å². The van der Waals surface area contributed by atoms with E-state index >= 15 is 0 Å². The fourth-order valence-corrected chi connectivity index (χ4v) is 4.74. The number of rotatable bonds is 7. The zero-order valence-electron chi connectivity index (χ0n) is 20.7. The number of aromatic nitrogens is 2. The van der Waals surface area contributed by atoms with Gasteiger partial charge in [-0.15, -0.1) is 0 Å². The number of carbonyl (C=O) groups excluding carboxylic acids is 1. The zero-order valence-corrected chi connectivity index (χ0v) is 20.7. The molecule has 7 nitrogen and oxygen atoms in total. The van der Waals surface area contributed by atoms with Gasteiger partial charge in [0.25, 0.3) is 0 Å². The summed E-state index contributed by atoms with van der Waals surface area (Å²) >= 11 is 0. The van der Waals surface area contributed by atoms with Crippen LogP contribution < -0.4 is 10.5 Å². The Bertz CT molecular complexity index is 1280. The molecule has 4 atom stereocenters. The molecule has 37 heavy (non-hydrogen) atoms. The number of hydrogen-bond donors (Lipinski definition) is 2. The van der Waals surface area contributed by atoms with Crippen LogP contribution in [0, 0.1) is 17.5 Å². The van der Waals surface area contributed by atoms with Crippen LogP contribution in [0.3, 0.4) is 0 Å². The Kier molecular flexibility index (Phi) is 7.63. The molecule has 196 valence electrons. The topological polar surface area (TPSA) is 108 Å². The van der Waals surface area contributed by atoms with Crippen molar-refractivity contribution in [2.45, 2.75) is 57.0 Å². The van der Waals surface area contributed by atoms with Gasteiger partial charge in [-0.1, -0.05) is 6.92 Å². The van der Waals surface area contributed by atoms with Gasteiger partial charge in [-0.05, 0) is 49.1 Å². The van der Waals surface area contributed by atoms with E-state index in [1.807, 2.05) is 6.92 Å². The second kappa shape index (κ2) is 10.6. The molecule has 0 unspecified atom stereocenters. The van der Waals surface area contributed by atoms with Crippen LogP contribution in [0.1, 0.15) is 54.4 Å². The van der Waals surface area contributed by atoms with Crippen molar-refractivity contribution in [3.63, 3.8) is 0 Å². The Balaban J connectivity index is 1.63. The van der Waals surface area contributed by atoms with Gasteiger partial charge in [-0.25, -0.2) is 18.2 Å². The number of nitrogens with two attached hydrogens (primary N) is 1. The van der Waals surface area contributed by atoms with Crippen LogP contribution in [-0.4, -0.2) is 45.7 Å². The predicted octanol–water partition coefficient (Wildman–Crippen LogP) is 4.31. The van der Waals surface area contributed by atoms with Gasteiger partial charge in [-0.2, -0.15) is 0 Å². The summed E-state index contributed by atoms with van der Waals surface area (Å²) in [5.41, 5.74) is 4.84. The Labute approximate surface area is 212 Å². The van der Waals surface area contributed by atoms with Crippen LogP contribution in [0.4, 0.5) is 13.2 Å². The van der Waals surface area contributed by atoms with Crippen LogP contribution in [0.5, 0.6) is 5.75 Å². The van der Waals surface area contributed by atoms with Crippen LogP contribution in [-0.2, 0) is 11.2 Å². The number of aliphatic hydroxyl groups is 1. The maximum atomic E-state index is 14.6. The molecular weight excluding hydrogens is 487 g/mol. The van der Waals surface area contributed by atoms with Gasteiger partial charge in [-0.3, -0.25) is 9.78 Å². The van der Waals surface area contributed by atoms with Gasteiger partial charge in [0, 0.05) is 37.0 Å². The summed E-state index contributed by atoms with van der Waals surface area (Å²) in [6.45, 7) is 3.59. The highest BCUT2D eigenvalue weighted by atomic mass is 19.1. The average molecular weight is 516 g/mol. The SMILES string of the molecule is CC[C@]1(O)[C@H](N)C[C@H](c2ccncc2CC(=O)c2ccc(F)c(-c3c(F)cc(OC)cc3F)n2)O[C@@H]1C. The smallest absolute Gasteiger partial charge is 0.185 e. The third-order valence-corrected chi connectivity index (χ3v) is 7.01. The minimum absolute atomic E-state index is 0.0770. The Morgan fingerprint density at radius 1 is 1.22 bits per heavy atom. The highest BCUT2D eigenvalue weighted by Gasteiger charge is 2.45. The molecule has 2 aromatic heterocycles. The van der Waals surface area contributed by atoms with E-state index in [9.17, 15) is 23.1 Å². The number of ether oxygens (including phenoxy) is 2. The number of ketones is 1. The maximum Gasteiger partial charge on any atom is 0.185 e. The van der Waals surface area contributed by atoms with E-state index < -0.39 is 58.3 Å². The van der Waals surface area contributed by atoms with Crippen molar-refractivity contribution < 1.29 is 32.5 Å². The lowest BCUT2D eigenvalue weighted by Crippen LogP contribution is -2.59. The van der Waals surface area contributed by atoms with E-state index in [1.54, 1.807) is 19.2 Å². The summed E-state index contributed by atoms with van der Waals surface area (Å²) in [4.78, 5) is 21.2. The van der Waals surface area contributed by atoms with E-state index in [-0.39, 0.29) is 17.9 Å². The van der Waals surface area contributed by atoms with Crippen LogP contribution >= 0.6 is 0 Å². The summed E-state index contributed by atoms with van der Waals surface area (Å²) in [5.74, 6) is -3.72. The molecule has 3 N–H and O–H groups in total. The van der Waals surface area contributed by atoms with Crippen LogP contribution in [0.2, 0.25) is 0 Å². The molecule has 1 aliphatic heterocycles. The first-order valence-corrected chi connectivity index (χ1v) is 11.9. The van der Waals surface area contributed by atoms with Crippen molar-refractivity contribution in [2.75, 3.05) is 7.11 Å². The van der Waals surface area contributed by atoms with E-state index in [0.717, 1.165) is 24.3 Å². The molecule has 3 heterocycles. The second-order valence-electron chi connectivity index (χ2n) is 9.12. The molecule has 0 spiro atoms. The number of carbonyl (C=O) groups is 1. The Morgan fingerprint density at radius 3 is 2.54 bits per heavy atom. The van der Waals surface area contributed by atoms with Gasteiger partial charge in [0.2, 0.25) is 0 Å². The Morgan fingerprint density at radius 2 is 1.92 bits per heavy atom. The second-order valence-corrected chi connectivity index (χ2v) is 9.12. The van der Waals surface area contributed by atoms with Crippen molar-refractivity contribution >= 4 is 5.78 Å². The third-order valence-electron chi connectivity index (χ3n) is 7.01. The first kappa shape index (κ1) is 26.7. The molecule has 0 saturated carbocycles. The molecule has 0 aliphatic carbocycles.